The van der Waals surface area contributed by atoms with Crippen LogP contribution in [0.25, 0.3) is 0 Å². The van der Waals surface area contributed by atoms with E-state index in [-0.39, 0.29) is 37.7 Å². The Morgan fingerprint density at radius 1 is 0.677 bits per heavy atom. The van der Waals surface area contributed by atoms with Crippen molar-refractivity contribution in [3.63, 3.8) is 0 Å². The third-order valence-corrected chi connectivity index (χ3v) is 7.37. The maximum atomic E-state index is 12.1. The molecule has 0 bridgehead atoms. The van der Waals surface area contributed by atoms with Crippen LogP contribution >= 0.6 is 31.4 Å². The number of rotatable bonds is 16. The van der Waals surface area contributed by atoms with Gasteiger partial charge in [-0.2, -0.15) is 0 Å². The monoisotopic (exact) mass is 498 g/mol. The minimum Gasteiger partial charge on any atom is -0.368 e. The second-order valence-corrected chi connectivity index (χ2v) is 9.98. The summed E-state index contributed by atoms with van der Waals surface area (Å²) in [6, 6.07) is -1.94. The lowest BCUT2D eigenvalue weighted by Crippen LogP contribution is -2.51. The summed E-state index contributed by atoms with van der Waals surface area (Å²) in [6.45, 7) is -1.42. The first kappa shape index (κ1) is 28.8. The third kappa shape index (κ3) is 14.4. The van der Waals surface area contributed by atoms with Crippen LogP contribution in [-0.4, -0.2) is 85.2 Å². The maximum Gasteiger partial charge on any atom is 0.243 e. The largest absolute Gasteiger partial charge is 0.368 e. The molecule has 17 heteroatoms. The molecule has 0 saturated heterocycles. The predicted octanol–water partition coefficient (Wildman–Crippen LogP) is -4.89. The highest BCUT2D eigenvalue weighted by Crippen LogP contribution is 2.35. The molecule has 0 unspecified atom stereocenters. The first-order valence-corrected chi connectivity index (χ1v) is 12.4. The van der Waals surface area contributed by atoms with E-state index in [1.54, 1.807) is 0 Å². The van der Waals surface area contributed by atoms with Crippen LogP contribution < -0.4 is 44.2 Å². The number of hydrogen-bond acceptors (Lipinski definition) is 11. The molecule has 31 heavy (non-hydrogen) atoms. The summed E-state index contributed by atoms with van der Waals surface area (Å²) in [5, 5.41) is 9.41. The van der Waals surface area contributed by atoms with Crippen molar-refractivity contribution in [2.45, 2.75) is 12.1 Å². The second-order valence-electron chi connectivity index (χ2n) is 5.65. The molecule has 0 aliphatic rings. The highest BCUT2D eigenvalue weighted by atomic mass is 33.5. The summed E-state index contributed by atoms with van der Waals surface area (Å²) < 4.78 is 0. The Bertz CT molecular complexity index is 614. The van der Waals surface area contributed by atoms with E-state index in [9.17, 15) is 28.8 Å². The summed E-state index contributed by atoms with van der Waals surface area (Å²) in [4.78, 5) is 68.8. The first-order valence-electron chi connectivity index (χ1n) is 8.62. The molecular weight excluding hydrogens is 472 g/mol. The van der Waals surface area contributed by atoms with E-state index in [0.717, 1.165) is 0 Å². The number of primary amides is 2. The van der Waals surface area contributed by atoms with Crippen molar-refractivity contribution in [2.75, 3.05) is 37.7 Å². The molecule has 0 rings (SSSR count). The summed E-state index contributed by atoms with van der Waals surface area (Å²) in [5.74, 6) is -3.61. The Hall–Kier alpha value is -2.21. The van der Waals surface area contributed by atoms with Gasteiger partial charge in [0.25, 0.3) is 0 Å². The SMILES string of the molecule is NCC(=O)N[C@@H](CSSSC[C@H](NC(=O)CN)C(=O)NCC(N)=O)C(=O)NCC(N)=O. The van der Waals surface area contributed by atoms with Crippen molar-refractivity contribution < 1.29 is 28.8 Å². The molecule has 0 aromatic heterocycles. The van der Waals surface area contributed by atoms with Gasteiger partial charge in [-0.15, -0.1) is 0 Å². The molecule has 0 aliphatic heterocycles. The first-order chi connectivity index (χ1) is 14.6. The topological polar surface area (TPSA) is 255 Å². The molecule has 176 valence electrons. The Labute approximate surface area is 189 Å². The minimum atomic E-state index is -0.972. The fraction of sp³-hybridized carbons (Fsp3) is 0.571. The Morgan fingerprint density at radius 2 is 1.03 bits per heavy atom. The lowest BCUT2D eigenvalue weighted by atomic mass is 10.3. The molecule has 14 nitrogen and oxygen atoms in total. The summed E-state index contributed by atoms with van der Waals surface area (Å²) in [5.41, 5.74) is 20.4. The molecule has 6 amide bonds. The molecule has 0 aromatic carbocycles. The van der Waals surface area contributed by atoms with Crippen molar-refractivity contribution in [1.82, 2.24) is 21.3 Å². The van der Waals surface area contributed by atoms with E-state index in [1.807, 2.05) is 0 Å². The quantitative estimate of drug-likeness (QED) is 0.0739. The zero-order chi connectivity index (χ0) is 23.8. The highest BCUT2D eigenvalue weighted by molar-refractivity contribution is 9.09. The molecule has 0 fully saturated rings. The van der Waals surface area contributed by atoms with E-state index < -0.39 is 47.5 Å². The van der Waals surface area contributed by atoms with Crippen molar-refractivity contribution in [3.05, 3.63) is 0 Å². The minimum absolute atomic E-state index is 0.113. The molecule has 0 radical (unpaired) electrons. The second kappa shape index (κ2) is 16.5. The van der Waals surface area contributed by atoms with Crippen LogP contribution in [0.5, 0.6) is 0 Å². The van der Waals surface area contributed by atoms with Crippen LogP contribution in [-0.2, 0) is 28.8 Å². The van der Waals surface area contributed by atoms with E-state index in [1.165, 1.54) is 31.4 Å². The molecule has 0 saturated carbocycles. The molecule has 0 spiro atoms. The standard InChI is InChI=1S/C14H26N8O6S3/c15-1-11(25)21-7(13(27)19-3-9(17)23)5-29-31-30-6-8(22-12(26)2-16)14(28)20-4-10(18)24/h7-8H,1-6,15-16H2,(H2,17,23)(H2,18,24)(H,19,27)(H,20,28)(H,21,25)(H,22,26)/t7-,8-/m0/s1. The van der Waals surface area contributed by atoms with E-state index in [0.29, 0.717) is 0 Å². The van der Waals surface area contributed by atoms with Crippen LogP contribution in [0.4, 0.5) is 0 Å². The van der Waals surface area contributed by atoms with Crippen LogP contribution in [0.3, 0.4) is 0 Å². The van der Waals surface area contributed by atoms with Gasteiger partial charge in [-0.25, -0.2) is 0 Å². The Balaban J connectivity index is 4.65. The fourth-order valence-corrected chi connectivity index (χ4v) is 5.58. The molecule has 2 atom stereocenters. The van der Waals surface area contributed by atoms with Gasteiger partial charge in [0.1, 0.15) is 12.1 Å². The summed E-state index contributed by atoms with van der Waals surface area (Å²) in [7, 11) is 3.54. The number of carbonyl (C=O) groups is 6. The van der Waals surface area contributed by atoms with Gasteiger partial charge in [0.05, 0.1) is 26.2 Å². The van der Waals surface area contributed by atoms with Gasteiger partial charge in [-0.1, -0.05) is 21.6 Å². The van der Waals surface area contributed by atoms with E-state index in [4.69, 9.17) is 22.9 Å². The van der Waals surface area contributed by atoms with Crippen molar-refractivity contribution >= 4 is 66.9 Å². The number of hydrogen-bond donors (Lipinski definition) is 8. The number of nitrogens with one attached hydrogen (secondary N) is 4. The Morgan fingerprint density at radius 3 is 1.32 bits per heavy atom. The van der Waals surface area contributed by atoms with Gasteiger partial charge >= 0.3 is 0 Å². The highest BCUT2D eigenvalue weighted by Gasteiger charge is 2.23. The molecule has 0 aliphatic carbocycles. The number of nitrogens with two attached hydrogens (primary N) is 4. The summed E-state index contributed by atoms with van der Waals surface area (Å²) in [6.07, 6.45) is 0. The zero-order valence-corrected chi connectivity index (χ0v) is 18.8. The summed E-state index contributed by atoms with van der Waals surface area (Å²) >= 11 is 0. The van der Waals surface area contributed by atoms with Gasteiger partial charge in [0, 0.05) is 11.5 Å². The molecule has 12 N–H and O–H groups in total. The Kier molecular flexibility index (Phi) is 15.3. The number of amides is 6. The van der Waals surface area contributed by atoms with Crippen molar-refractivity contribution in [2.24, 2.45) is 22.9 Å². The van der Waals surface area contributed by atoms with Crippen LogP contribution in [0, 0.1) is 0 Å². The van der Waals surface area contributed by atoms with Gasteiger partial charge in [-0.3, -0.25) is 28.8 Å². The van der Waals surface area contributed by atoms with Crippen molar-refractivity contribution in [3.8, 4) is 0 Å². The van der Waals surface area contributed by atoms with Gasteiger partial charge in [0.2, 0.25) is 35.4 Å². The van der Waals surface area contributed by atoms with Crippen LogP contribution in [0.1, 0.15) is 0 Å². The van der Waals surface area contributed by atoms with Crippen LogP contribution in [0.15, 0.2) is 0 Å². The van der Waals surface area contributed by atoms with Crippen LogP contribution in [0.2, 0.25) is 0 Å². The third-order valence-electron chi connectivity index (χ3n) is 3.11. The lowest BCUT2D eigenvalue weighted by molar-refractivity contribution is -0.128. The normalized spacial score (nSPS) is 12.2. The zero-order valence-electron chi connectivity index (χ0n) is 16.4. The van der Waals surface area contributed by atoms with E-state index in [2.05, 4.69) is 21.3 Å². The number of carbonyl (C=O) groups excluding carboxylic acids is 6. The molecule has 0 heterocycles. The van der Waals surface area contributed by atoms with Gasteiger partial charge < -0.3 is 44.2 Å². The maximum absolute atomic E-state index is 12.1. The fourth-order valence-electron chi connectivity index (χ4n) is 1.69. The van der Waals surface area contributed by atoms with E-state index >= 15 is 0 Å². The average molecular weight is 499 g/mol. The lowest BCUT2D eigenvalue weighted by Gasteiger charge is -2.18. The predicted molar refractivity (Wildman–Crippen MR) is 119 cm³/mol. The van der Waals surface area contributed by atoms with Gasteiger partial charge in [0.15, 0.2) is 0 Å². The smallest absolute Gasteiger partial charge is 0.243 e. The average Bonchev–Trinajstić information content (AvgIpc) is 2.73. The molecule has 0 aromatic rings. The van der Waals surface area contributed by atoms with Gasteiger partial charge in [-0.05, 0) is 9.83 Å². The van der Waals surface area contributed by atoms with Crippen molar-refractivity contribution in [1.29, 1.82) is 0 Å². The molecular formula is C14H26N8O6S3.